The number of hydrogen-bond donors (Lipinski definition) is 3. The molecule has 3 N–H and O–H groups in total. The van der Waals surface area contributed by atoms with Crippen LogP contribution in [0.1, 0.15) is 12.0 Å². The van der Waals surface area contributed by atoms with Gasteiger partial charge in [-0.1, -0.05) is 0 Å². The number of aromatic nitrogens is 2. The topological polar surface area (TPSA) is 74.4 Å². The lowest BCUT2D eigenvalue weighted by atomic mass is 10.1. The van der Waals surface area contributed by atoms with Crippen LogP contribution in [0.2, 0.25) is 0 Å². The van der Waals surface area contributed by atoms with E-state index in [1.54, 1.807) is 0 Å². The van der Waals surface area contributed by atoms with Crippen LogP contribution >= 0.6 is 0 Å². The third-order valence-electron chi connectivity index (χ3n) is 5.39. The van der Waals surface area contributed by atoms with Crippen molar-refractivity contribution in [3.8, 4) is 17.0 Å². The number of hydrazine groups is 1. The first-order valence-electron chi connectivity index (χ1n) is 9.90. The number of nitrogens with zero attached hydrogens (tertiary/aromatic N) is 2. The van der Waals surface area contributed by atoms with Crippen LogP contribution in [0.5, 0.6) is 5.75 Å². The summed E-state index contributed by atoms with van der Waals surface area (Å²) in [6.07, 6.45) is 2.94. The second-order valence-electron chi connectivity index (χ2n) is 7.26. The molecular weight excluding hydrogens is 354 g/mol. The Morgan fingerprint density at radius 1 is 1.14 bits per heavy atom. The highest BCUT2D eigenvalue weighted by Gasteiger charge is 2.16. The molecule has 0 radical (unpaired) electrons. The molecule has 0 bridgehead atoms. The highest BCUT2D eigenvalue weighted by molar-refractivity contribution is 5.95. The number of hydrogen-bond acceptors (Lipinski definition) is 6. The van der Waals surface area contributed by atoms with Crippen LogP contribution in [-0.4, -0.2) is 54.3 Å². The predicted molar refractivity (Wildman–Crippen MR) is 109 cm³/mol. The summed E-state index contributed by atoms with van der Waals surface area (Å²) >= 11 is 0. The zero-order chi connectivity index (χ0) is 18.8. The van der Waals surface area contributed by atoms with Gasteiger partial charge in [-0.25, -0.2) is 10.4 Å². The summed E-state index contributed by atoms with van der Waals surface area (Å²) in [6.45, 7) is 6.36. The van der Waals surface area contributed by atoms with Crippen molar-refractivity contribution in [1.29, 1.82) is 0 Å². The van der Waals surface area contributed by atoms with Gasteiger partial charge >= 0.3 is 0 Å². The quantitative estimate of drug-likeness (QED) is 0.572. The molecule has 2 aromatic heterocycles. The highest BCUT2D eigenvalue weighted by Crippen LogP contribution is 2.32. The molecule has 1 aromatic carbocycles. The van der Waals surface area contributed by atoms with E-state index in [9.17, 15) is 0 Å². The zero-order valence-electron chi connectivity index (χ0n) is 15.8. The fraction of sp³-hybridized carbons (Fsp3) is 0.381. The van der Waals surface area contributed by atoms with Crippen molar-refractivity contribution in [3.05, 3.63) is 42.1 Å². The highest BCUT2D eigenvalue weighted by atomic mass is 16.5. The molecule has 0 amide bonds. The minimum atomic E-state index is 0.734. The van der Waals surface area contributed by atoms with Crippen molar-refractivity contribution in [1.82, 2.24) is 20.3 Å². The molecule has 7 heteroatoms. The molecule has 146 valence electrons. The first-order valence-corrected chi connectivity index (χ1v) is 9.90. The summed E-state index contributed by atoms with van der Waals surface area (Å²) in [7, 11) is 0. The lowest BCUT2D eigenvalue weighted by Gasteiger charge is -2.26. The lowest BCUT2D eigenvalue weighted by molar-refractivity contribution is 0.0358. The lowest BCUT2D eigenvalue weighted by Crippen LogP contribution is -2.37. The second kappa shape index (κ2) is 7.79. The Bertz CT molecular complexity index is 947. The average Bonchev–Trinajstić information content (AvgIpc) is 3.39. The van der Waals surface area contributed by atoms with Gasteiger partial charge in [0.15, 0.2) is 0 Å². The van der Waals surface area contributed by atoms with Crippen LogP contribution in [-0.2, 0) is 11.3 Å². The van der Waals surface area contributed by atoms with E-state index in [1.807, 2.05) is 18.3 Å². The van der Waals surface area contributed by atoms with Crippen LogP contribution in [0.25, 0.3) is 22.3 Å². The number of H-pyrrole nitrogens is 1. The number of rotatable bonds is 6. The molecule has 1 saturated heterocycles. The number of anilines is 1. The van der Waals surface area contributed by atoms with Gasteiger partial charge in [-0.2, -0.15) is 0 Å². The monoisotopic (exact) mass is 379 g/mol. The molecule has 1 fully saturated rings. The molecule has 28 heavy (non-hydrogen) atoms. The molecule has 0 spiro atoms. The van der Waals surface area contributed by atoms with E-state index in [0.29, 0.717) is 0 Å². The maximum absolute atomic E-state index is 5.91. The van der Waals surface area contributed by atoms with Crippen LogP contribution in [0, 0.1) is 0 Å². The van der Waals surface area contributed by atoms with E-state index >= 15 is 0 Å². The van der Waals surface area contributed by atoms with E-state index < -0.39 is 0 Å². The van der Waals surface area contributed by atoms with Gasteiger partial charge in [0.05, 0.1) is 25.5 Å². The average molecular weight is 379 g/mol. The molecule has 2 aliphatic rings. The number of aromatic amines is 1. The van der Waals surface area contributed by atoms with Crippen molar-refractivity contribution in [2.45, 2.75) is 13.0 Å². The first-order chi connectivity index (χ1) is 13.9. The molecule has 0 saturated carbocycles. The van der Waals surface area contributed by atoms with E-state index in [2.05, 4.69) is 43.9 Å². The molecule has 0 unspecified atom stereocenters. The Morgan fingerprint density at radius 3 is 2.86 bits per heavy atom. The van der Waals surface area contributed by atoms with Crippen molar-refractivity contribution in [2.75, 3.05) is 44.9 Å². The van der Waals surface area contributed by atoms with Crippen molar-refractivity contribution in [2.24, 2.45) is 0 Å². The smallest absolute Gasteiger partial charge is 0.139 e. The number of benzene rings is 1. The van der Waals surface area contributed by atoms with E-state index in [4.69, 9.17) is 9.47 Å². The number of nitrogens with one attached hydrogen (secondary N) is 3. The summed E-state index contributed by atoms with van der Waals surface area (Å²) in [4.78, 5) is 10.4. The molecular formula is C21H25N5O2. The summed E-state index contributed by atoms with van der Waals surface area (Å²) in [5.74, 6) is 0.909. The Kier molecular flexibility index (Phi) is 4.86. The SMILES string of the molecule is c1cc(-c2cc3c4c(cnc3[nH]2)CNN4)ccc1OCCCN1CCOCC1. The molecule has 7 nitrogen and oxygen atoms in total. The van der Waals surface area contributed by atoms with Crippen LogP contribution in [0.4, 0.5) is 5.69 Å². The summed E-state index contributed by atoms with van der Waals surface area (Å²) in [6, 6.07) is 10.4. The van der Waals surface area contributed by atoms with Crippen molar-refractivity contribution >= 4 is 16.7 Å². The molecule has 5 rings (SSSR count). The third-order valence-corrected chi connectivity index (χ3v) is 5.39. The standard InChI is InChI=1S/C21H25N5O2/c1(6-26-7-10-27-11-8-26)9-28-17-4-2-15(3-5-17)19-12-18-20-16(14-23-25-20)13-22-21(18)24-19/h2-5,12-13,23,25H,1,6-11,14H2,(H,22,24). The molecule has 4 heterocycles. The van der Waals surface area contributed by atoms with Crippen LogP contribution in [0.3, 0.4) is 0 Å². The third kappa shape index (κ3) is 3.56. The minimum Gasteiger partial charge on any atom is -0.494 e. The second-order valence-corrected chi connectivity index (χ2v) is 7.26. The Labute approximate surface area is 164 Å². The molecule has 2 aliphatic heterocycles. The molecule has 0 atom stereocenters. The van der Waals surface area contributed by atoms with Gasteiger partial charge in [0.1, 0.15) is 11.4 Å². The normalized spacial score (nSPS) is 16.9. The summed E-state index contributed by atoms with van der Waals surface area (Å²) < 4.78 is 11.3. The maximum Gasteiger partial charge on any atom is 0.139 e. The summed E-state index contributed by atoms with van der Waals surface area (Å²) in [5.41, 5.74) is 11.8. The minimum absolute atomic E-state index is 0.734. The van der Waals surface area contributed by atoms with Crippen LogP contribution < -0.4 is 15.6 Å². The number of pyridine rings is 1. The van der Waals surface area contributed by atoms with Gasteiger partial charge in [-0.05, 0) is 42.3 Å². The molecule has 3 aromatic rings. The first kappa shape index (κ1) is 17.5. The number of fused-ring (bicyclic) bond motifs is 3. The van der Waals surface area contributed by atoms with Gasteiger partial charge in [0.25, 0.3) is 0 Å². The largest absolute Gasteiger partial charge is 0.494 e. The van der Waals surface area contributed by atoms with Gasteiger partial charge in [-0.15, -0.1) is 0 Å². The fourth-order valence-corrected chi connectivity index (χ4v) is 3.81. The van der Waals surface area contributed by atoms with E-state index in [1.165, 1.54) is 5.56 Å². The maximum atomic E-state index is 5.91. The fourth-order valence-electron chi connectivity index (χ4n) is 3.81. The Morgan fingerprint density at radius 2 is 2.00 bits per heavy atom. The number of morpholine rings is 1. The predicted octanol–water partition coefficient (Wildman–Crippen LogP) is 2.76. The Hall–Kier alpha value is -2.61. The van der Waals surface area contributed by atoms with Gasteiger partial charge in [0, 0.05) is 49.0 Å². The summed E-state index contributed by atoms with van der Waals surface area (Å²) in [5, 5.41) is 1.11. The van der Waals surface area contributed by atoms with Gasteiger partial charge in [-0.3, -0.25) is 4.90 Å². The zero-order valence-corrected chi connectivity index (χ0v) is 15.8. The van der Waals surface area contributed by atoms with Crippen LogP contribution in [0.15, 0.2) is 36.5 Å². The Balaban J connectivity index is 1.21. The van der Waals surface area contributed by atoms with Crippen molar-refractivity contribution in [3.63, 3.8) is 0 Å². The molecule has 0 aliphatic carbocycles. The van der Waals surface area contributed by atoms with Gasteiger partial charge in [0.2, 0.25) is 0 Å². The van der Waals surface area contributed by atoms with Gasteiger partial charge < -0.3 is 19.9 Å². The van der Waals surface area contributed by atoms with E-state index in [-0.39, 0.29) is 0 Å². The number of ether oxygens (including phenoxy) is 2. The van der Waals surface area contributed by atoms with E-state index in [0.717, 1.165) is 86.1 Å². The van der Waals surface area contributed by atoms with Crippen molar-refractivity contribution < 1.29 is 9.47 Å².